The molecule has 3 aliphatic rings. The Morgan fingerprint density at radius 1 is 0.767 bits per heavy atom. The number of epoxide rings is 1. The van der Waals surface area contributed by atoms with Crippen molar-refractivity contribution in [2.45, 2.75) is 90.3 Å². The van der Waals surface area contributed by atoms with Gasteiger partial charge in [-0.15, -0.1) is 0 Å². The standard InChI is InChI=1S/C16H30O5.C6H12.C2H6O/c1-2-18-9-15(17)10-19-7-13-3-5-14(6-4-13)8-20-11-16-12-21-16;1-2-4-6-5-3-1;1-2-3/h13-17H,2-12H2,1H3;1-6H2;3H,2H2,1H3. The van der Waals surface area contributed by atoms with Crippen molar-refractivity contribution in [3.63, 3.8) is 0 Å². The van der Waals surface area contributed by atoms with Crippen molar-refractivity contribution in [2.24, 2.45) is 11.8 Å². The van der Waals surface area contributed by atoms with E-state index in [0.717, 1.165) is 26.4 Å². The molecule has 0 amide bonds. The van der Waals surface area contributed by atoms with Crippen LogP contribution in [0.1, 0.15) is 78.1 Å². The van der Waals surface area contributed by atoms with Gasteiger partial charge in [-0.25, -0.2) is 0 Å². The molecule has 2 aliphatic carbocycles. The lowest BCUT2D eigenvalue weighted by atomic mass is 9.83. The Morgan fingerprint density at radius 3 is 1.63 bits per heavy atom. The normalized spacial score (nSPS) is 26.6. The maximum Gasteiger partial charge on any atom is 0.104 e. The van der Waals surface area contributed by atoms with Crippen LogP contribution in [0.5, 0.6) is 0 Å². The summed E-state index contributed by atoms with van der Waals surface area (Å²) in [6.07, 6.45) is 13.7. The van der Waals surface area contributed by atoms with Crippen LogP contribution in [0.3, 0.4) is 0 Å². The molecule has 1 aliphatic heterocycles. The zero-order chi connectivity index (χ0) is 21.9. The van der Waals surface area contributed by atoms with Crippen molar-refractivity contribution in [3.05, 3.63) is 0 Å². The molecule has 3 fully saturated rings. The summed E-state index contributed by atoms with van der Waals surface area (Å²) in [6, 6.07) is 0. The lowest BCUT2D eigenvalue weighted by Gasteiger charge is -2.28. The Kier molecular flexibility index (Phi) is 18.0. The van der Waals surface area contributed by atoms with Crippen LogP contribution in [0, 0.1) is 11.8 Å². The summed E-state index contributed by atoms with van der Waals surface area (Å²) in [5.74, 6) is 1.33. The molecule has 0 bridgehead atoms. The van der Waals surface area contributed by atoms with Crippen molar-refractivity contribution in [1.82, 2.24) is 0 Å². The van der Waals surface area contributed by atoms with Gasteiger partial charge in [0, 0.05) is 26.4 Å². The van der Waals surface area contributed by atoms with Gasteiger partial charge in [0.15, 0.2) is 0 Å². The summed E-state index contributed by atoms with van der Waals surface area (Å²) in [5.41, 5.74) is 0. The summed E-state index contributed by atoms with van der Waals surface area (Å²) in [7, 11) is 0. The van der Waals surface area contributed by atoms with Gasteiger partial charge in [-0.1, -0.05) is 38.5 Å². The molecule has 3 rings (SSSR count). The van der Waals surface area contributed by atoms with Crippen LogP contribution in [-0.2, 0) is 18.9 Å². The maximum atomic E-state index is 9.62. The molecule has 0 radical (unpaired) electrons. The summed E-state index contributed by atoms with van der Waals surface area (Å²) in [5, 5.41) is 17.2. The fraction of sp³-hybridized carbons (Fsp3) is 1.00. The van der Waals surface area contributed by atoms with Gasteiger partial charge in [0.2, 0.25) is 0 Å². The van der Waals surface area contributed by atoms with Crippen LogP contribution in [0.25, 0.3) is 0 Å². The van der Waals surface area contributed by atoms with E-state index in [4.69, 9.17) is 24.1 Å². The third-order valence-corrected chi connectivity index (χ3v) is 5.70. The minimum atomic E-state index is -0.501. The van der Waals surface area contributed by atoms with Gasteiger partial charge >= 0.3 is 0 Å². The van der Waals surface area contributed by atoms with E-state index < -0.39 is 6.10 Å². The molecule has 0 aromatic heterocycles. The quantitative estimate of drug-likeness (QED) is 0.481. The second kappa shape index (κ2) is 19.4. The van der Waals surface area contributed by atoms with Crippen LogP contribution < -0.4 is 0 Å². The minimum absolute atomic E-state index is 0.250. The van der Waals surface area contributed by atoms with Gasteiger partial charge in [-0.3, -0.25) is 0 Å². The number of hydrogen-bond acceptors (Lipinski definition) is 6. The lowest BCUT2D eigenvalue weighted by molar-refractivity contribution is -0.0290. The van der Waals surface area contributed by atoms with E-state index in [2.05, 4.69) is 0 Å². The number of hydrogen-bond donors (Lipinski definition) is 2. The van der Waals surface area contributed by atoms with E-state index in [1.54, 1.807) is 6.92 Å². The lowest BCUT2D eigenvalue weighted by Crippen LogP contribution is -2.26. The van der Waals surface area contributed by atoms with Crippen LogP contribution >= 0.6 is 0 Å². The molecule has 0 spiro atoms. The third-order valence-electron chi connectivity index (χ3n) is 5.70. The highest BCUT2D eigenvalue weighted by Gasteiger charge is 2.25. The van der Waals surface area contributed by atoms with Gasteiger partial charge in [0.05, 0.1) is 26.4 Å². The zero-order valence-electron chi connectivity index (χ0n) is 19.6. The van der Waals surface area contributed by atoms with Gasteiger partial charge in [0.1, 0.15) is 12.2 Å². The minimum Gasteiger partial charge on any atom is -0.397 e. The Hall–Kier alpha value is -0.240. The van der Waals surface area contributed by atoms with Gasteiger partial charge in [-0.2, -0.15) is 0 Å². The molecule has 6 heteroatoms. The number of aliphatic hydroxyl groups excluding tert-OH is 2. The first kappa shape index (κ1) is 27.8. The second-order valence-electron chi connectivity index (χ2n) is 8.67. The fourth-order valence-electron chi connectivity index (χ4n) is 3.83. The average Bonchev–Trinajstić information content (AvgIpc) is 3.60. The Labute approximate surface area is 184 Å². The highest BCUT2D eigenvalue weighted by atomic mass is 16.6. The van der Waals surface area contributed by atoms with Crippen LogP contribution in [-0.4, -0.2) is 75.3 Å². The van der Waals surface area contributed by atoms with Crippen molar-refractivity contribution in [3.8, 4) is 0 Å². The Morgan fingerprint density at radius 2 is 1.20 bits per heavy atom. The van der Waals surface area contributed by atoms with E-state index in [1.807, 2.05) is 6.92 Å². The molecule has 2 N–H and O–H groups in total. The molecule has 1 heterocycles. The van der Waals surface area contributed by atoms with E-state index in [0.29, 0.717) is 37.8 Å². The summed E-state index contributed by atoms with van der Waals surface area (Å²) >= 11 is 0. The predicted molar refractivity (Wildman–Crippen MR) is 120 cm³/mol. The number of ether oxygens (including phenoxy) is 4. The van der Waals surface area contributed by atoms with E-state index in [1.165, 1.54) is 64.2 Å². The first-order valence-electron chi connectivity index (χ1n) is 12.3. The smallest absolute Gasteiger partial charge is 0.104 e. The van der Waals surface area contributed by atoms with Gasteiger partial charge in [0.25, 0.3) is 0 Å². The molecule has 2 unspecified atom stereocenters. The summed E-state index contributed by atoms with van der Waals surface area (Å²) < 4.78 is 21.6. The SMILES string of the molecule is C1CCCCC1.CCO.CCOCC(O)COCC1CCC(COCC2CO2)CC1. The van der Waals surface area contributed by atoms with Crippen LogP contribution in [0.4, 0.5) is 0 Å². The second-order valence-corrected chi connectivity index (χ2v) is 8.67. The van der Waals surface area contributed by atoms with E-state index >= 15 is 0 Å². The van der Waals surface area contributed by atoms with E-state index in [9.17, 15) is 5.11 Å². The van der Waals surface area contributed by atoms with Crippen LogP contribution in [0.2, 0.25) is 0 Å². The van der Waals surface area contributed by atoms with E-state index in [-0.39, 0.29) is 6.61 Å². The third kappa shape index (κ3) is 16.5. The topological polar surface area (TPSA) is 80.7 Å². The highest BCUT2D eigenvalue weighted by molar-refractivity contribution is 4.73. The van der Waals surface area contributed by atoms with Crippen LogP contribution in [0.15, 0.2) is 0 Å². The summed E-state index contributed by atoms with van der Waals surface area (Å²) in [4.78, 5) is 0. The molecule has 2 atom stereocenters. The van der Waals surface area contributed by atoms with Crippen molar-refractivity contribution >= 4 is 0 Å². The fourth-order valence-corrected chi connectivity index (χ4v) is 3.83. The Balaban J connectivity index is 0.000000415. The number of rotatable bonds is 11. The molecule has 30 heavy (non-hydrogen) atoms. The van der Waals surface area contributed by atoms with Gasteiger partial charge in [-0.05, 0) is 51.4 Å². The highest BCUT2D eigenvalue weighted by Crippen LogP contribution is 2.29. The first-order chi connectivity index (χ1) is 14.7. The van der Waals surface area contributed by atoms with Crippen molar-refractivity contribution < 1.29 is 29.2 Å². The molecule has 180 valence electrons. The monoisotopic (exact) mass is 432 g/mol. The van der Waals surface area contributed by atoms with Crippen molar-refractivity contribution in [2.75, 3.05) is 52.9 Å². The zero-order valence-corrected chi connectivity index (χ0v) is 19.6. The molecular weight excluding hydrogens is 384 g/mol. The van der Waals surface area contributed by atoms with Gasteiger partial charge < -0.3 is 29.2 Å². The first-order valence-corrected chi connectivity index (χ1v) is 12.3. The van der Waals surface area contributed by atoms with Crippen molar-refractivity contribution in [1.29, 1.82) is 0 Å². The average molecular weight is 433 g/mol. The molecule has 6 nitrogen and oxygen atoms in total. The predicted octanol–water partition coefficient (Wildman–Crippen LogP) is 3.96. The maximum absolute atomic E-state index is 9.62. The molecular formula is C24H48O6. The molecule has 0 aromatic rings. The number of aliphatic hydroxyl groups is 2. The summed E-state index contributed by atoms with van der Waals surface area (Å²) in [6.45, 7) is 8.51. The molecule has 2 saturated carbocycles. The Bertz CT molecular complexity index is 340. The molecule has 1 saturated heterocycles. The largest absolute Gasteiger partial charge is 0.397 e. The molecule has 0 aromatic carbocycles.